The molecule has 1 aliphatic heterocycles. The zero-order chi connectivity index (χ0) is 12.3. The average Bonchev–Trinajstić information content (AvgIpc) is 2.33. The van der Waals surface area contributed by atoms with Crippen molar-refractivity contribution in [2.45, 2.75) is 18.9 Å². The van der Waals surface area contributed by atoms with Crippen LogP contribution in [0.2, 0.25) is 0 Å². The highest BCUT2D eigenvalue weighted by molar-refractivity contribution is 7.99. The van der Waals surface area contributed by atoms with E-state index < -0.39 is 5.97 Å². The predicted octanol–water partition coefficient (Wildman–Crippen LogP) is 1.67. The van der Waals surface area contributed by atoms with Crippen LogP contribution >= 0.6 is 11.8 Å². The van der Waals surface area contributed by atoms with Gasteiger partial charge in [-0.1, -0.05) is 0 Å². The summed E-state index contributed by atoms with van der Waals surface area (Å²) in [7, 11) is 0. The smallest absolute Gasteiger partial charge is 0.337 e. The lowest BCUT2D eigenvalue weighted by molar-refractivity contribution is 0.0698. The fourth-order valence-electron chi connectivity index (χ4n) is 1.81. The summed E-state index contributed by atoms with van der Waals surface area (Å²) in [5.74, 6) is 1.71. The van der Waals surface area contributed by atoms with Gasteiger partial charge in [-0.2, -0.15) is 11.8 Å². The topological polar surface area (TPSA) is 88.2 Å². The zero-order valence-electron chi connectivity index (χ0n) is 9.35. The second kappa shape index (κ2) is 5.27. The Morgan fingerprint density at radius 1 is 1.53 bits per heavy atom. The molecule has 0 saturated carbocycles. The number of rotatable bonds is 3. The number of anilines is 2. The Labute approximate surface area is 104 Å². The van der Waals surface area contributed by atoms with Crippen LogP contribution in [0.25, 0.3) is 0 Å². The molecule has 0 unspecified atom stereocenters. The maximum absolute atomic E-state index is 10.9. The van der Waals surface area contributed by atoms with E-state index in [1.165, 1.54) is 12.3 Å². The highest BCUT2D eigenvalue weighted by atomic mass is 32.2. The van der Waals surface area contributed by atoms with Gasteiger partial charge in [0.25, 0.3) is 0 Å². The number of pyridine rings is 1. The first kappa shape index (κ1) is 12.0. The van der Waals surface area contributed by atoms with Crippen LogP contribution in [0.15, 0.2) is 12.3 Å². The third-order valence-electron chi connectivity index (χ3n) is 2.78. The summed E-state index contributed by atoms with van der Waals surface area (Å²) in [6.07, 6.45) is 3.59. The van der Waals surface area contributed by atoms with Gasteiger partial charge in [-0.15, -0.1) is 0 Å². The summed E-state index contributed by atoms with van der Waals surface area (Å²) in [6, 6.07) is 1.76. The van der Waals surface area contributed by atoms with E-state index in [4.69, 9.17) is 10.8 Å². The Balaban J connectivity index is 2.15. The van der Waals surface area contributed by atoms with Gasteiger partial charge in [0.2, 0.25) is 0 Å². The van der Waals surface area contributed by atoms with Crippen LogP contribution in [-0.2, 0) is 0 Å². The van der Waals surface area contributed by atoms with E-state index in [9.17, 15) is 4.79 Å². The van der Waals surface area contributed by atoms with Crippen LogP contribution in [-0.4, -0.2) is 33.6 Å². The first-order valence-electron chi connectivity index (χ1n) is 5.50. The van der Waals surface area contributed by atoms with Crippen molar-refractivity contribution in [3.05, 3.63) is 17.8 Å². The molecule has 6 heteroatoms. The van der Waals surface area contributed by atoms with Gasteiger partial charge < -0.3 is 16.2 Å². The summed E-state index contributed by atoms with van der Waals surface area (Å²) >= 11 is 1.94. The first-order chi connectivity index (χ1) is 8.18. The number of nitrogens with two attached hydrogens (primary N) is 1. The van der Waals surface area contributed by atoms with Crippen LogP contribution in [0.5, 0.6) is 0 Å². The number of carbonyl (C=O) groups is 1. The highest BCUT2D eigenvalue weighted by Crippen LogP contribution is 2.24. The number of aromatic nitrogens is 1. The van der Waals surface area contributed by atoms with E-state index in [-0.39, 0.29) is 11.3 Å². The van der Waals surface area contributed by atoms with Crippen molar-refractivity contribution in [3.63, 3.8) is 0 Å². The molecule has 0 bridgehead atoms. The molecule has 0 amide bonds. The lowest BCUT2D eigenvalue weighted by Crippen LogP contribution is -2.25. The van der Waals surface area contributed by atoms with Gasteiger partial charge in [-0.25, -0.2) is 9.78 Å². The van der Waals surface area contributed by atoms with E-state index in [0.717, 1.165) is 24.3 Å². The number of hydrogen-bond acceptors (Lipinski definition) is 5. The minimum atomic E-state index is -1.02. The molecule has 2 rings (SSSR count). The fourth-order valence-corrected chi connectivity index (χ4v) is 2.92. The van der Waals surface area contributed by atoms with Crippen molar-refractivity contribution < 1.29 is 9.90 Å². The molecule has 1 fully saturated rings. The highest BCUT2D eigenvalue weighted by Gasteiger charge is 2.17. The molecule has 0 radical (unpaired) electrons. The monoisotopic (exact) mass is 253 g/mol. The SMILES string of the molecule is Nc1c(C(=O)O)ccnc1NC1CCSCC1. The minimum absolute atomic E-state index is 0.104. The summed E-state index contributed by atoms with van der Waals surface area (Å²) < 4.78 is 0. The van der Waals surface area contributed by atoms with Crippen LogP contribution in [0.3, 0.4) is 0 Å². The largest absolute Gasteiger partial charge is 0.478 e. The second-order valence-corrected chi connectivity index (χ2v) is 5.18. The van der Waals surface area contributed by atoms with Crippen LogP contribution in [0, 0.1) is 0 Å². The van der Waals surface area contributed by atoms with Crippen molar-refractivity contribution in [2.75, 3.05) is 22.6 Å². The molecule has 4 N–H and O–H groups in total. The fraction of sp³-hybridized carbons (Fsp3) is 0.455. The van der Waals surface area contributed by atoms with Crippen molar-refractivity contribution in [3.8, 4) is 0 Å². The zero-order valence-corrected chi connectivity index (χ0v) is 10.2. The Hall–Kier alpha value is -1.43. The number of carboxylic acid groups (broad SMARTS) is 1. The first-order valence-corrected chi connectivity index (χ1v) is 6.66. The molecule has 17 heavy (non-hydrogen) atoms. The number of nitrogen functional groups attached to an aromatic ring is 1. The molecule has 1 aliphatic rings. The van der Waals surface area contributed by atoms with Gasteiger partial charge in [0.1, 0.15) is 5.82 Å². The third-order valence-corrected chi connectivity index (χ3v) is 3.83. The van der Waals surface area contributed by atoms with Crippen LogP contribution in [0.4, 0.5) is 11.5 Å². The summed E-state index contributed by atoms with van der Waals surface area (Å²) in [4.78, 5) is 15.0. The molecule has 0 atom stereocenters. The van der Waals surface area contributed by atoms with Crippen LogP contribution < -0.4 is 11.1 Å². The van der Waals surface area contributed by atoms with Crippen LogP contribution in [0.1, 0.15) is 23.2 Å². The Bertz CT molecular complexity index is 419. The molecule has 92 valence electrons. The van der Waals surface area contributed by atoms with E-state index in [1.807, 2.05) is 11.8 Å². The average molecular weight is 253 g/mol. The number of carboxylic acids is 1. The normalized spacial score (nSPS) is 16.7. The molecule has 0 spiro atoms. The van der Waals surface area contributed by atoms with E-state index in [1.54, 1.807) is 0 Å². The summed E-state index contributed by atoms with van der Waals surface area (Å²) in [5, 5.41) is 12.2. The van der Waals surface area contributed by atoms with Gasteiger partial charge in [-0.3, -0.25) is 0 Å². The van der Waals surface area contributed by atoms with Gasteiger partial charge in [0.15, 0.2) is 0 Å². The van der Waals surface area contributed by atoms with E-state index in [2.05, 4.69) is 10.3 Å². The number of thioether (sulfide) groups is 1. The molecule has 0 aliphatic carbocycles. The number of nitrogens with zero attached hydrogens (tertiary/aromatic N) is 1. The lowest BCUT2D eigenvalue weighted by atomic mass is 10.1. The number of aromatic carboxylic acids is 1. The Morgan fingerprint density at radius 2 is 2.24 bits per heavy atom. The molecular weight excluding hydrogens is 238 g/mol. The Kier molecular flexibility index (Phi) is 3.73. The van der Waals surface area contributed by atoms with Gasteiger partial charge in [0.05, 0.1) is 11.3 Å². The quantitative estimate of drug-likeness (QED) is 0.759. The summed E-state index contributed by atoms with van der Waals surface area (Å²) in [6.45, 7) is 0. The molecule has 2 heterocycles. The lowest BCUT2D eigenvalue weighted by Gasteiger charge is -2.23. The molecule has 0 aromatic carbocycles. The molecule has 5 nitrogen and oxygen atoms in total. The number of hydrogen-bond donors (Lipinski definition) is 3. The van der Waals surface area contributed by atoms with Crippen molar-refractivity contribution in [1.29, 1.82) is 0 Å². The maximum Gasteiger partial charge on any atom is 0.337 e. The maximum atomic E-state index is 10.9. The van der Waals surface area contributed by atoms with Crippen molar-refractivity contribution >= 4 is 29.2 Å². The summed E-state index contributed by atoms with van der Waals surface area (Å²) in [5.41, 5.74) is 6.12. The molecule has 1 aromatic rings. The second-order valence-electron chi connectivity index (χ2n) is 3.96. The Morgan fingerprint density at radius 3 is 2.88 bits per heavy atom. The molecular formula is C11H15N3O2S. The third kappa shape index (κ3) is 2.82. The molecule has 1 aromatic heterocycles. The van der Waals surface area contributed by atoms with Gasteiger partial charge in [-0.05, 0) is 30.4 Å². The van der Waals surface area contributed by atoms with Gasteiger partial charge >= 0.3 is 5.97 Å². The van der Waals surface area contributed by atoms with E-state index >= 15 is 0 Å². The van der Waals surface area contributed by atoms with E-state index in [0.29, 0.717) is 11.9 Å². The number of nitrogens with one attached hydrogen (secondary N) is 1. The predicted molar refractivity (Wildman–Crippen MR) is 69.6 cm³/mol. The van der Waals surface area contributed by atoms with Gasteiger partial charge in [0, 0.05) is 12.2 Å². The van der Waals surface area contributed by atoms with Crippen molar-refractivity contribution in [1.82, 2.24) is 4.98 Å². The van der Waals surface area contributed by atoms with Crippen molar-refractivity contribution in [2.24, 2.45) is 0 Å². The minimum Gasteiger partial charge on any atom is -0.478 e. The molecule has 1 saturated heterocycles. The standard InChI is InChI=1S/C11H15N3O2S/c12-9-8(11(15)16)1-4-13-10(9)14-7-2-5-17-6-3-7/h1,4,7H,2-3,5-6,12H2,(H,13,14)(H,15,16).